The third-order valence-electron chi connectivity index (χ3n) is 5.34. The highest BCUT2D eigenvalue weighted by molar-refractivity contribution is 5.92. The molecule has 28 heavy (non-hydrogen) atoms. The van der Waals surface area contributed by atoms with E-state index in [1.54, 1.807) is 12.1 Å². The van der Waals surface area contributed by atoms with Crippen LogP contribution in [-0.4, -0.2) is 25.0 Å². The number of nitrogens with zero attached hydrogens (tertiary/aromatic N) is 1. The second kappa shape index (κ2) is 10.5. The van der Waals surface area contributed by atoms with Gasteiger partial charge in [0.05, 0.1) is 6.54 Å². The van der Waals surface area contributed by atoms with Crippen LogP contribution in [-0.2, 0) is 12.0 Å². The lowest BCUT2D eigenvalue weighted by atomic mass is 9.76. The van der Waals surface area contributed by atoms with Gasteiger partial charge in [-0.1, -0.05) is 56.3 Å². The Kier molecular flexibility index (Phi) is 8.05. The standard InChI is InChI=1S/C23H32N4O/c1-4-23(5-2,20-10-8-7-9-11-20)17-27-22(25-6-3)26-16-18-12-14-19(15-13-18)21(24)28/h7-15H,4-6,16-17H2,1-3H3,(H2,24,28)(H2,25,26,27). The van der Waals surface area contributed by atoms with Crippen LogP contribution in [0.4, 0.5) is 0 Å². The SMILES string of the molecule is CCNC(=NCc1ccc(C(N)=O)cc1)NCC(CC)(CC)c1ccccc1. The van der Waals surface area contributed by atoms with Crippen LogP contribution in [0.25, 0.3) is 0 Å². The summed E-state index contributed by atoms with van der Waals surface area (Å²) in [7, 11) is 0. The third kappa shape index (κ3) is 5.59. The first-order chi connectivity index (χ1) is 13.5. The molecule has 0 atom stereocenters. The maximum Gasteiger partial charge on any atom is 0.248 e. The van der Waals surface area contributed by atoms with E-state index in [1.807, 2.05) is 12.1 Å². The van der Waals surface area contributed by atoms with E-state index < -0.39 is 5.91 Å². The van der Waals surface area contributed by atoms with E-state index >= 15 is 0 Å². The summed E-state index contributed by atoms with van der Waals surface area (Å²) in [6.45, 7) is 8.68. The number of nitrogens with two attached hydrogens (primary N) is 1. The number of rotatable bonds is 9. The van der Waals surface area contributed by atoms with Crippen LogP contribution in [0.3, 0.4) is 0 Å². The summed E-state index contributed by atoms with van der Waals surface area (Å²) in [5.74, 6) is 0.380. The molecule has 5 heteroatoms. The van der Waals surface area contributed by atoms with Crippen molar-refractivity contribution in [3.8, 4) is 0 Å². The number of carbonyl (C=O) groups is 1. The van der Waals surface area contributed by atoms with Crippen molar-refractivity contribution in [2.24, 2.45) is 10.7 Å². The average molecular weight is 381 g/mol. The van der Waals surface area contributed by atoms with Crippen molar-refractivity contribution in [3.05, 3.63) is 71.3 Å². The van der Waals surface area contributed by atoms with E-state index in [9.17, 15) is 4.79 Å². The number of carbonyl (C=O) groups excluding carboxylic acids is 1. The first kappa shape index (κ1) is 21.5. The van der Waals surface area contributed by atoms with Gasteiger partial charge in [0.25, 0.3) is 0 Å². The highest BCUT2D eigenvalue weighted by atomic mass is 16.1. The molecule has 0 unspecified atom stereocenters. The van der Waals surface area contributed by atoms with Crippen molar-refractivity contribution < 1.29 is 4.79 Å². The van der Waals surface area contributed by atoms with Crippen LogP contribution in [0, 0.1) is 0 Å². The minimum Gasteiger partial charge on any atom is -0.366 e. The zero-order chi connectivity index (χ0) is 20.4. The van der Waals surface area contributed by atoms with Crippen molar-refractivity contribution in [1.82, 2.24) is 10.6 Å². The molecule has 2 rings (SSSR count). The number of hydrogen-bond donors (Lipinski definition) is 3. The number of hydrogen-bond acceptors (Lipinski definition) is 2. The molecule has 0 saturated heterocycles. The largest absolute Gasteiger partial charge is 0.366 e. The van der Waals surface area contributed by atoms with Crippen molar-refractivity contribution in [3.63, 3.8) is 0 Å². The van der Waals surface area contributed by atoms with E-state index in [0.717, 1.165) is 37.5 Å². The summed E-state index contributed by atoms with van der Waals surface area (Å²) in [6, 6.07) is 17.9. The third-order valence-corrected chi connectivity index (χ3v) is 5.34. The summed E-state index contributed by atoms with van der Waals surface area (Å²) in [4.78, 5) is 15.9. The molecule has 0 bridgehead atoms. The average Bonchev–Trinajstić information content (AvgIpc) is 2.74. The van der Waals surface area contributed by atoms with Crippen LogP contribution in [0.1, 0.15) is 55.1 Å². The maximum atomic E-state index is 11.2. The highest BCUT2D eigenvalue weighted by Crippen LogP contribution is 2.30. The van der Waals surface area contributed by atoms with Gasteiger partial charge in [0.2, 0.25) is 5.91 Å². The van der Waals surface area contributed by atoms with Gasteiger partial charge in [-0.15, -0.1) is 0 Å². The second-order valence-electron chi connectivity index (χ2n) is 6.96. The lowest BCUT2D eigenvalue weighted by Gasteiger charge is -2.33. The van der Waals surface area contributed by atoms with Crippen LogP contribution in [0.5, 0.6) is 0 Å². The van der Waals surface area contributed by atoms with E-state index in [0.29, 0.717) is 12.1 Å². The number of guanidine groups is 1. The Morgan fingerprint density at radius 3 is 2.14 bits per heavy atom. The van der Waals surface area contributed by atoms with Crippen molar-refractivity contribution >= 4 is 11.9 Å². The van der Waals surface area contributed by atoms with Gasteiger partial charge in [0, 0.05) is 24.1 Å². The Balaban J connectivity index is 2.10. The maximum absolute atomic E-state index is 11.2. The summed E-state index contributed by atoms with van der Waals surface area (Å²) in [6.07, 6.45) is 2.10. The summed E-state index contributed by atoms with van der Waals surface area (Å²) in [5, 5.41) is 6.85. The number of nitrogens with one attached hydrogen (secondary N) is 2. The second-order valence-corrected chi connectivity index (χ2v) is 6.96. The van der Waals surface area contributed by atoms with Gasteiger partial charge in [0.15, 0.2) is 5.96 Å². The lowest BCUT2D eigenvalue weighted by molar-refractivity contribution is 0.100. The van der Waals surface area contributed by atoms with E-state index in [4.69, 9.17) is 10.7 Å². The topological polar surface area (TPSA) is 79.5 Å². The molecule has 0 saturated carbocycles. The van der Waals surface area contributed by atoms with Crippen molar-refractivity contribution in [2.75, 3.05) is 13.1 Å². The molecule has 0 aliphatic carbocycles. The Hall–Kier alpha value is -2.82. The van der Waals surface area contributed by atoms with Crippen LogP contribution in [0.2, 0.25) is 0 Å². The summed E-state index contributed by atoms with van der Waals surface area (Å²) >= 11 is 0. The molecule has 4 N–H and O–H groups in total. The predicted octanol–water partition coefficient (Wildman–Crippen LogP) is 3.60. The zero-order valence-corrected chi connectivity index (χ0v) is 17.2. The molecule has 2 aromatic carbocycles. The predicted molar refractivity (Wildman–Crippen MR) is 116 cm³/mol. The van der Waals surface area contributed by atoms with E-state index in [-0.39, 0.29) is 5.41 Å². The minimum absolute atomic E-state index is 0.0700. The van der Waals surface area contributed by atoms with Gasteiger partial charge in [-0.2, -0.15) is 0 Å². The molecule has 150 valence electrons. The first-order valence-electron chi connectivity index (χ1n) is 10.0. The Labute approximate surface area is 168 Å². The van der Waals surface area contributed by atoms with Gasteiger partial charge in [-0.25, -0.2) is 4.99 Å². The summed E-state index contributed by atoms with van der Waals surface area (Å²) < 4.78 is 0. The van der Waals surface area contributed by atoms with Crippen LogP contribution in [0.15, 0.2) is 59.6 Å². The van der Waals surface area contributed by atoms with E-state index in [2.05, 4.69) is 61.7 Å². The highest BCUT2D eigenvalue weighted by Gasteiger charge is 2.28. The van der Waals surface area contributed by atoms with E-state index in [1.165, 1.54) is 5.56 Å². The lowest BCUT2D eigenvalue weighted by Crippen LogP contribution is -2.45. The molecule has 1 amide bonds. The molecular weight excluding hydrogens is 348 g/mol. The van der Waals surface area contributed by atoms with Gasteiger partial charge in [0.1, 0.15) is 0 Å². The molecule has 0 aliphatic rings. The van der Waals surface area contributed by atoms with Crippen LogP contribution < -0.4 is 16.4 Å². The number of aliphatic imine (C=N–C) groups is 1. The first-order valence-corrected chi connectivity index (χ1v) is 10.0. The Bertz CT molecular complexity index is 765. The van der Waals surface area contributed by atoms with Crippen LogP contribution >= 0.6 is 0 Å². The molecule has 0 spiro atoms. The fourth-order valence-electron chi connectivity index (χ4n) is 3.34. The molecule has 0 radical (unpaired) electrons. The normalized spacial score (nSPS) is 11.9. The smallest absolute Gasteiger partial charge is 0.248 e. The number of benzene rings is 2. The fourth-order valence-corrected chi connectivity index (χ4v) is 3.34. The van der Waals surface area contributed by atoms with Gasteiger partial charge in [-0.3, -0.25) is 4.79 Å². The zero-order valence-electron chi connectivity index (χ0n) is 17.2. The molecule has 0 heterocycles. The monoisotopic (exact) mass is 380 g/mol. The molecule has 0 fully saturated rings. The Morgan fingerprint density at radius 2 is 1.61 bits per heavy atom. The Morgan fingerprint density at radius 1 is 0.964 bits per heavy atom. The fraction of sp³-hybridized carbons (Fsp3) is 0.391. The molecule has 5 nitrogen and oxygen atoms in total. The van der Waals surface area contributed by atoms with Gasteiger partial charge < -0.3 is 16.4 Å². The van der Waals surface area contributed by atoms with Crippen molar-refractivity contribution in [2.45, 2.75) is 45.6 Å². The molecule has 0 aromatic heterocycles. The molecule has 0 aliphatic heterocycles. The molecular formula is C23H32N4O. The molecule has 2 aromatic rings. The summed E-state index contributed by atoms with van der Waals surface area (Å²) in [5.41, 5.74) is 8.26. The quantitative estimate of drug-likeness (QED) is 0.459. The number of amides is 1. The van der Waals surface area contributed by atoms with Crippen molar-refractivity contribution in [1.29, 1.82) is 0 Å². The van der Waals surface area contributed by atoms with Gasteiger partial charge >= 0.3 is 0 Å². The number of primary amides is 1. The van der Waals surface area contributed by atoms with Gasteiger partial charge in [-0.05, 0) is 43.0 Å². The minimum atomic E-state index is -0.415.